The van der Waals surface area contributed by atoms with E-state index in [0.717, 1.165) is 21.6 Å². The summed E-state index contributed by atoms with van der Waals surface area (Å²) in [5.41, 5.74) is 3.01. The van der Waals surface area contributed by atoms with Gasteiger partial charge in [0.05, 0.1) is 17.5 Å². The van der Waals surface area contributed by atoms with Crippen LogP contribution < -0.4 is 5.32 Å². The lowest BCUT2D eigenvalue weighted by Crippen LogP contribution is -2.42. The van der Waals surface area contributed by atoms with E-state index < -0.39 is 16.1 Å². The van der Waals surface area contributed by atoms with Crippen molar-refractivity contribution in [3.63, 3.8) is 0 Å². The maximum Gasteiger partial charge on any atom is 0.243 e. The summed E-state index contributed by atoms with van der Waals surface area (Å²) in [6.07, 6.45) is 0.724. The number of thiophene rings is 1. The number of aryl methyl sites for hydroxylation is 1. The highest BCUT2D eigenvalue weighted by atomic mass is 32.2. The fraction of sp³-hybridized carbons (Fsp3) is 0.261. The summed E-state index contributed by atoms with van der Waals surface area (Å²) in [6.45, 7) is 2.74. The van der Waals surface area contributed by atoms with E-state index in [-0.39, 0.29) is 17.2 Å². The van der Waals surface area contributed by atoms with Gasteiger partial charge >= 0.3 is 0 Å². The number of nitrogens with zero attached hydrogens (tertiary/aromatic N) is 1. The molecule has 0 aliphatic carbocycles. The van der Waals surface area contributed by atoms with E-state index in [9.17, 15) is 13.2 Å². The number of rotatable bonds is 6. The van der Waals surface area contributed by atoms with Crippen LogP contribution in [0.3, 0.4) is 0 Å². The maximum absolute atomic E-state index is 13.4. The van der Waals surface area contributed by atoms with E-state index in [4.69, 9.17) is 0 Å². The van der Waals surface area contributed by atoms with Crippen molar-refractivity contribution in [1.82, 2.24) is 9.62 Å². The first-order valence-corrected chi connectivity index (χ1v) is 12.2. The summed E-state index contributed by atoms with van der Waals surface area (Å²) in [4.78, 5) is 14.1. The van der Waals surface area contributed by atoms with Gasteiger partial charge in [0.1, 0.15) is 0 Å². The standard InChI is InChI=1S/C23H24N2O3S2/c1-17-8-10-20(11-9-17)30(27,28)25-13-12-18-5-2-3-7-21(18)22(25)15-23(26)24-16-19-6-4-14-29-19/h2-11,14,22H,12-13,15-16H2,1H3,(H,24,26)/t22-/m1/s1. The minimum absolute atomic E-state index is 0.0908. The van der Waals surface area contributed by atoms with Crippen LogP contribution in [0.15, 0.2) is 70.9 Å². The highest BCUT2D eigenvalue weighted by Gasteiger charge is 2.37. The quantitative estimate of drug-likeness (QED) is 0.629. The monoisotopic (exact) mass is 440 g/mol. The fourth-order valence-corrected chi connectivity index (χ4v) is 6.07. The lowest BCUT2D eigenvalue weighted by Gasteiger charge is -2.36. The van der Waals surface area contributed by atoms with E-state index in [2.05, 4.69) is 5.32 Å². The van der Waals surface area contributed by atoms with Gasteiger partial charge in [-0.25, -0.2) is 8.42 Å². The Morgan fingerprint density at radius 1 is 1.10 bits per heavy atom. The Morgan fingerprint density at radius 2 is 1.87 bits per heavy atom. The molecule has 0 saturated heterocycles. The molecular formula is C23H24N2O3S2. The molecule has 1 N–H and O–H groups in total. The zero-order chi connectivity index (χ0) is 21.1. The number of benzene rings is 2. The highest BCUT2D eigenvalue weighted by molar-refractivity contribution is 7.89. The molecule has 1 atom stereocenters. The lowest BCUT2D eigenvalue weighted by molar-refractivity contribution is -0.122. The van der Waals surface area contributed by atoms with Crippen LogP contribution in [0.4, 0.5) is 0 Å². The Bertz CT molecular complexity index is 1120. The molecule has 5 nitrogen and oxygen atoms in total. The van der Waals surface area contributed by atoms with Gasteiger partial charge in [-0.2, -0.15) is 4.31 Å². The first-order chi connectivity index (χ1) is 14.4. The van der Waals surface area contributed by atoms with Crippen molar-refractivity contribution in [2.75, 3.05) is 6.54 Å². The summed E-state index contributed by atoms with van der Waals surface area (Å²) in [7, 11) is -3.72. The molecule has 0 radical (unpaired) electrons. The average Bonchev–Trinajstić information content (AvgIpc) is 3.26. The molecule has 0 fully saturated rings. The maximum atomic E-state index is 13.4. The molecule has 0 spiro atoms. The zero-order valence-electron chi connectivity index (χ0n) is 16.7. The molecule has 2 aromatic carbocycles. The Labute approximate surface area is 181 Å². The molecule has 156 valence electrons. The normalized spacial score (nSPS) is 16.8. The molecule has 1 aliphatic heterocycles. The first kappa shape index (κ1) is 20.8. The van der Waals surface area contributed by atoms with E-state index in [1.165, 1.54) is 4.31 Å². The van der Waals surface area contributed by atoms with Crippen LogP contribution in [0.1, 0.15) is 34.0 Å². The minimum atomic E-state index is -3.72. The van der Waals surface area contributed by atoms with Crippen LogP contribution in [-0.4, -0.2) is 25.2 Å². The van der Waals surface area contributed by atoms with Crippen LogP contribution in [0.2, 0.25) is 0 Å². The molecule has 4 rings (SSSR count). The molecule has 7 heteroatoms. The van der Waals surface area contributed by atoms with Gasteiger partial charge < -0.3 is 5.32 Å². The first-order valence-electron chi connectivity index (χ1n) is 9.90. The second-order valence-corrected chi connectivity index (χ2v) is 10.4. The molecule has 0 saturated carbocycles. The largest absolute Gasteiger partial charge is 0.351 e. The number of hydrogen-bond donors (Lipinski definition) is 1. The number of fused-ring (bicyclic) bond motifs is 1. The SMILES string of the molecule is Cc1ccc(S(=O)(=O)N2CCc3ccccc3[C@H]2CC(=O)NCc2cccs2)cc1. The molecule has 1 aliphatic rings. The predicted octanol–water partition coefficient (Wildman–Crippen LogP) is 4.05. The van der Waals surface area contributed by atoms with Gasteiger partial charge in [0.15, 0.2) is 0 Å². The number of nitrogens with one attached hydrogen (secondary N) is 1. The number of amides is 1. The summed E-state index contributed by atoms with van der Waals surface area (Å²) >= 11 is 1.58. The molecule has 0 bridgehead atoms. The van der Waals surface area contributed by atoms with Gasteiger partial charge in [-0.15, -0.1) is 11.3 Å². The van der Waals surface area contributed by atoms with Crippen LogP contribution in [0, 0.1) is 6.92 Å². The van der Waals surface area contributed by atoms with Gasteiger partial charge in [-0.1, -0.05) is 48.0 Å². The summed E-state index contributed by atoms with van der Waals surface area (Å²) in [5.74, 6) is -0.158. The summed E-state index contributed by atoms with van der Waals surface area (Å²) in [5, 5.41) is 4.90. The van der Waals surface area contributed by atoms with E-state index in [1.807, 2.05) is 48.7 Å². The van der Waals surface area contributed by atoms with Crippen molar-refractivity contribution < 1.29 is 13.2 Å². The molecular weight excluding hydrogens is 416 g/mol. The Morgan fingerprint density at radius 3 is 2.60 bits per heavy atom. The third-order valence-electron chi connectivity index (χ3n) is 5.41. The second-order valence-electron chi connectivity index (χ2n) is 7.45. The third kappa shape index (κ3) is 4.33. The predicted molar refractivity (Wildman–Crippen MR) is 119 cm³/mol. The zero-order valence-corrected chi connectivity index (χ0v) is 18.4. The molecule has 1 amide bonds. The van der Waals surface area contributed by atoms with Crippen LogP contribution in [0.25, 0.3) is 0 Å². The van der Waals surface area contributed by atoms with Gasteiger partial charge in [0.2, 0.25) is 15.9 Å². The van der Waals surface area contributed by atoms with E-state index in [1.54, 1.807) is 35.6 Å². The molecule has 3 aromatic rings. The van der Waals surface area contributed by atoms with Crippen LogP contribution in [0.5, 0.6) is 0 Å². The third-order valence-corrected chi connectivity index (χ3v) is 8.21. The highest BCUT2D eigenvalue weighted by Crippen LogP contribution is 2.36. The van der Waals surface area contributed by atoms with Crippen LogP contribution in [-0.2, 0) is 27.8 Å². The van der Waals surface area contributed by atoms with Gasteiger partial charge in [-0.3, -0.25) is 4.79 Å². The van der Waals surface area contributed by atoms with Crippen LogP contribution >= 0.6 is 11.3 Å². The number of carbonyl (C=O) groups is 1. The molecule has 1 aromatic heterocycles. The van der Waals surface area contributed by atoms with Crippen molar-refractivity contribution >= 4 is 27.3 Å². The Balaban J connectivity index is 1.62. The Hall–Kier alpha value is -2.48. The second kappa shape index (κ2) is 8.71. The fourth-order valence-electron chi connectivity index (χ4n) is 3.82. The minimum Gasteiger partial charge on any atom is -0.351 e. The number of sulfonamides is 1. The van der Waals surface area contributed by atoms with E-state index in [0.29, 0.717) is 19.5 Å². The summed E-state index contributed by atoms with van der Waals surface area (Å²) in [6, 6.07) is 18.1. The topological polar surface area (TPSA) is 66.5 Å². The molecule has 2 heterocycles. The van der Waals surface area contributed by atoms with Crippen molar-refractivity contribution in [2.24, 2.45) is 0 Å². The molecule has 30 heavy (non-hydrogen) atoms. The number of hydrogen-bond acceptors (Lipinski definition) is 4. The lowest BCUT2D eigenvalue weighted by atomic mass is 9.92. The van der Waals surface area contributed by atoms with Crippen molar-refractivity contribution in [2.45, 2.75) is 37.2 Å². The van der Waals surface area contributed by atoms with Crippen molar-refractivity contribution in [3.8, 4) is 0 Å². The van der Waals surface area contributed by atoms with Gasteiger partial charge in [-0.05, 0) is 48.1 Å². The average molecular weight is 441 g/mol. The summed E-state index contributed by atoms with van der Waals surface area (Å²) < 4.78 is 28.4. The van der Waals surface area contributed by atoms with Crippen molar-refractivity contribution in [3.05, 3.63) is 87.6 Å². The van der Waals surface area contributed by atoms with Gasteiger partial charge in [0.25, 0.3) is 0 Å². The molecule has 0 unspecified atom stereocenters. The Kier molecular flexibility index (Phi) is 6.04. The number of carbonyl (C=O) groups excluding carboxylic acids is 1. The smallest absolute Gasteiger partial charge is 0.243 e. The van der Waals surface area contributed by atoms with Gasteiger partial charge in [0, 0.05) is 17.8 Å². The van der Waals surface area contributed by atoms with E-state index >= 15 is 0 Å². The van der Waals surface area contributed by atoms with Crippen molar-refractivity contribution in [1.29, 1.82) is 0 Å².